The highest BCUT2D eigenvalue weighted by atomic mass is 127. The minimum atomic E-state index is -0.420. The molecular formula is C9H18INO5. The molecule has 0 aromatic rings. The third-order valence-corrected chi connectivity index (χ3v) is 2.44. The second kappa shape index (κ2) is 10.2. The van der Waals surface area contributed by atoms with Crippen LogP contribution in [0.15, 0.2) is 0 Å². The van der Waals surface area contributed by atoms with Gasteiger partial charge in [-0.15, -0.1) is 0 Å². The van der Waals surface area contributed by atoms with E-state index < -0.39 is 6.04 Å². The van der Waals surface area contributed by atoms with Crippen LogP contribution in [0, 0.1) is 5.92 Å². The third kappa shape index (κ3) is 8.22. The van der Waals surface area contributed by atoms with Gasteiger partial charge < -0.3 is 5.32 Å². The number of amides is 1. The van der Waals surface area contributed by atoms with Gasteiger partial charge in [-0.1, -0.05) is 20.3 Å². The van der Waals surface area contributed by atoms with E-state index in [4.69, 9.17) is 5.26 Å². The molecule has 0 saturated carbocycles. The van der Waals surface area contributed by atoms with Crippen molar-refractivity contribution in [3.8, 4) is 0 Å². The highest BCUT2D eigenvalue weighted by molar-refractivity contribution is 14.1. The van der Waals surface area contributed by atoms with Gasteiger partial charge in [0.05, 0.1) is 6.04 Å². The number of nitrogens with one attached hydrogen (secondary N) is 1. The molecule has 0 aromatic heterocycles. The Morgan fingerprint density at radius 2 is 2.19 bits per heavy atom. The lowest BCUT2D eigenvalue weighted by Gasteiger charge is -2.17. The first-order valence-corrected chi connectivity index (χ1v) is 5.98. The van der Waals surface area contributed by atoms with Crippen molar-refractivity contribution in [2.24, 2.45) is 5.92 Å². The Labute approximate surface area is 109 Å². The van der Waals surface area contributed by atoms with Crippen molar-refractivity contribution in [2.75, 3.05) is 13.2 Å². The van der Waals surface area contributed by atoms with Gasteiger partial charge in [0.2, 0.25) is 5.91 Å². The van der Waals surface area contributed by atoms with E-state index in [2.05, 4.69) is 18.3 Å². The van der Waals surface area contributed by atoms with Gasteiger partial charge in [0.1, 0.15) is 13.2 Å². The molecule has 0 bridgehead atoms. The first-order valence-electron chi connectivity index (χ1n) is 5.09. The first-order chi connectivity index (χ1) is 7.63. The zero-order valence-electron chi connectivity index (χ0n) is 9.44. The van der Waals surface area contributed by atoms with E-state index in [-0.39, 0.29) is 19.1 Å². The van der Waals surface area contributed by atoms with Crippen LogP contribution < -0.4 is 5.32 Å². The Balaban J connectivity index is 3.91. The van der Waals surface area contributed by atoms with Crippen molar-refractivity contribution in [3.05, 3.63) is 0 Å². The molecule has 7 heteroatoms. The van der Waals surface area contributed by atoms with E-state index >= 15 is 0 Å². The summed E-state index contributed by atoms with van der Waals surface area (Å²) < 4.78 is 4.38. The lowest BCUT2D eigenvalue weighted by atomic mass is 10.0. The van der Waals surface area contributed by atoms with Crippen molar-refractivity contribution >= 4 is 28.9 Å². The summed E-state index contributed by atoms with van der Waals surface area (Å²) in [5.74, 6) is 0.242. The zero-order chi connectivity index (χ0) is 12.4. The molecular weight excluding hydrogens is 329 g/mol. The largest absolute Gasteiger partial charge is 0.348 e. The Kier molecular flexibility index (Phi) is 10.2. The predicted molar refractivity (Wildman–Crippen MR) is 65.6 cm³/mol. The number of hydrogen-bond acceptors (Lipinski definition) is 5. The molecule has 0 heterocycles. The van der Waals surface area contributed by atoms with Crippen molar-refractivity contribution in [3.63, 3.8) is 0 Å². The van der Waals surface area contributed by atoms with Crippen LogP contribution in [0.2, 0.25) is 0 Å². The van der Waals surface area contributed by atoms with Crippen LogP contribution in [0.25, 0.3) is 0 Å². The van der Waals surface area contributed by atoms with Gasteiger partial charge in [-0.25, -0.2) is 9.78 Å². The van der Waals surface area contributed by atoms with E-state index in [9.17, 15) is 4.79 Å². The summed E-state index contributed by atoms with van der Waals surface area (Å²) in [6.07, 6.45) is 1.39. The molecule has 0 spiro atoms. The summed E-state index contributed by atoms with van der Waals surface area (Å²) >= 11 is 1.57. The van der Waals surface area contributed by atoms with Gasteiger partial charge in [-0.2, -0.15) is 3.22 Å². The fourth-order valence-corrected chi connectivity index (χ4v) is 1.22. The Bertz CT molecular complexity index is 193. The number of hydrogen-bond donors (Lipinski definition) is 2. The van der Waals surface area contributed by atoms with Crippen LogP contribution in [0.5, 0.6) is 0 Å². The summed E-state index contributed by atoms with van der Waals surface area (Å²) in [5, 5.41) is 11.0. The summed E-state index contributed by atoms with van der Waals surface area (Å²) in [4.78, 5) is 20.2. The normalized spacial score (nSPS) is 14.5. The molecule has 0 rings (SSSR count). The lowest BCUT2D eigenvalue weighted by molar-refractivity contribution is -0.255. The fourth-order valence-electron chi connectivity index (χ4n) is 1.08. The van der Waals surface area contributed by atoms with Crippen molar-refractivity contribution in [2.45, 2.75) is 32.7 Å². The van der Waals surface area contributed by atoms with Crippen molar-refractivity contribution < 1.29 is 23.0 Å². The minimum absolute atomic E-state index is 0.0355. The zero-order valence-corrected chi connectivity index (χ0v) is 11.6. The quantitative estimate of drug-likeness (QED) is 0.377. The van der Waals surface area contributed by atoms with Gasteiger partial charge in [-0.05, 0) is 5.92 Å². The number of carbonyl (C=O) groups excluding carboxylic acids is 1. The van der Waals surface area contributed by atoms with Gasteiger partial charge >= 0.3 is 0 Å². The lowest BCUT2D eigenvalue weighted by Crippen LogP contribution is -2.41. The maximum Gasteiger partial charge on any atom is 0.220 e. The average molecular weight is 347 g/mol. The Morgan fingerprint density at radius 1 is 1.50 bits per heavy atom. The number of rotatable bonds is 9. The molecule has 16 heavy (non-hydrogen) atoms. The van der Waals surface area contributed by atoms with Crippen LogP contribution >= 0.6 is 23.0 Å². The molecule has 0 fully saturated rings. The SMILES string of the molecule is CCC(C)CC(=O)NC(COO)COOI. The van der Waals surface area contributed by atoms with Gasteiger partial charge in [0, 0.05) is 6.42 Å². The topological polar surface area (TPSA) is 77.0 Å². The third-order valence-electron chi connectivity index (χ3n) is 2.19. The number of carbonyl (C=O) groups is 1. The van der Waals surface area contributed by atoms with E-state index in [1.807, 2.05) is 13.8 Å². The molecule has 0 aliphatic heterocycles. The minimum Gasteiger partial charge on any atom is -0.348 e. The van der Waals surface area contributed by atoms with E-state index in [0.717, 1.165) is 6.42 Å². The molecule has 0 aromatic carbocycles. The summed E-state index contributed by atoms with van der Waals surface area (Å²) in [6, 6.07) is -0.420. The van der Waals surface area contributed by atoms with Crippen LogP contribution in [-0.4, -0.2) is 30.4 Å². The average Bonchev–Trinajstić information content (AvgIpc) is 2.25. The molecule has 0 aliphatic carbocycles. The molecule has 0 aliphatic rings. The molecule has 2 N–H and O–H groups in total. The highest BCUT2D eigenvalue weighted by Gasteiger charge is 2.15. The monoisotopic (exact) mass is 347 g/mol. The fraction of sp³-hybridized carbons (Fsp3) is 0.889. The van der Waals surface area contributed by atoms with E-state index in [1.165, 1.54) is 0 Å². The summed E-state index contributed by atoms with van der Waals surface area (Å²) in [7, 11) is 0. The van der Waals surface area contributed by atoms with Crippen molar-refractivity contribution in [1.82, 2.24) is 5.32 Å². The van der Waals surface area contributed by atoms with Gasteiger partial charge in [0.15, 0.2) is 23.0 Å². The second-order valence-corrected chi connectivity index (χ2v) is 3.98. The van der Waals surface area contributed by atoms with Crippen LogP contribution in [0.3, 0.4) is 0 Å². The smallest absolute Gasteiger partial charge is 0.220 e. The molecule has 2 atom stereocenters. The maximum absolute atomic E-state index is 11.5. The molecule has 0 radical (unpaired) electrons. The van der Waals surface area contributed by atoms with Crippen LogP contribution in [-0.2, 0) is 17.8 Å². The second-order valence-electron chi connectivity index (χ2n) is 3.63. The van der Waals surface area contributed by atoms with Crippen molar-refractivity contribution in [1.29, 1.82) is 0 Å². The molecule has 96 valence electrons. The Morgan fingerprint density at radius 3 is 2.69 bits per heavy atom. The number of halogens is 1. The summed E-state index contributed by atoms with van der Waals surface area (Å²) in [6.45, 7) is 4.11. The Hall–Kier alpha value is 0.0400. The maximum atomic E-state index is 11.5. The first kappa shape index (κ1) is 16.0. The van der Waals surface area contributed by atoms with Gasteiger partial charge in [-0.3, -0.25) is 10.1 Å². The molecule has 2 unspecified atom stereocenters. The predicted octanol–water partition coefficient (Wildman–Crippen LogP) is 1.70. The van der Waals surface area contributed by atoms with E-state index in [1.54, 1.807) is 23.0 Å². The summed E-state index contributed by atoms with van der Waals surface area (Å²) in [5.41, 5.74) is 0. The standard InChI is InChI=1S/C9H18INO5/c1-3-7(2)4-9(12)11-8(5-14-13)6-15-16-10/h7-8,13H,3-6H2,1-2H3,(H,11,12). The van der Waals surface area contributed by atoms with Crippen LogP contribution in [0.4, 0.5) is 0 Å². The van der Waals surface area contributed by atoms with E-state index in [0.29, 0.717) is 12.3 Å². The van der Waals surface area contributed by atoms with Crippen LogP contribution in [0.1, 0.15) is 26.7 Å². The highest BCUT2D eigenvalue weighted by Crippen LogP contribution is 2.06. The molecule has 6 nitrogen and oxygen atoms in total. The molecule has 1 amide bonds. The van der Waals surface area contributed by atoms with Gasteiger partial charge in [0.25, 0.3) is 0 Å². The molecule has 0 saturated heterocycles.